The molecule has 9 heteroatoms. The number of halogens is 2. The number of rotatable bonds is 11. The minimum atomic E-state index is -3.71. The number of carbonyl (C=O) groups is 1. The van der Waals surface area contributed by atoms with Crippen molar-refractivity contribution in [2.24, 2.45) is 0 Å². The fourth-order valence-electron chi connectivity index (χ4n) is 3.11. The second-order valence-corrected chi connectivity index (χ2v) is 9.25. The second kappa shape index (κ2) is 12.1. The van der Waals surface area contributed by atoms with Crippen LogP contribution in [0.5, 0.6) is 0 Å². The molecule has 1 aromatic heterocycles. The summed E-state index contributed by atoms with van der Waals surface area (Å²) in [4.78, 5) is 16.6. The van der Waals surface area contributed by atoms with Gasteiger partial charge in [-0.2, -0.15) is 0 Å². The van der Waals surface area contributed by atoms with E-state index in [0.29, 0.717) is 17.7 Å². The lowest BCUT2D eigenvalue weighted by Gasteiger charge is -2.11. The topological polar surface area (TPSA) is 88.2 Å². The van der Waals surface area contributed by atoms with E-state index in [1.54, 1.807) is 18.2 Å². The maximum Gasteiger partial charge on any atom is 0.244 e. The normalized spacial score (nSPS) is 11.4. The molecule has 0 aliphatic carbocycles. The van der Waals surface area contributed by atoms with E-state index in [2.05, 4.69) is 27.9 Å². The average Bonchev–Trinajstić information content (AvgIpc) is 2.77. The maximum atomic E-state index is 14.4. The van der Waals surface area contributed by atoms with Gasteiger partial charge < -0.3 is 5.32 Å². The lowest BCUT2D eigenvalue weighted by molar-refractivity contribution is -0.116. The van der Waals surface area contributed by atoms with Gasteiger partial charge in [-0.25, -0.2) is 17.2 Å². The maximum absolute atomic E-state index is 14.4. The third-order valence-electron chi connectivity index (χ3n) is 4.70. The Morgan fingerprint density at radius 1 is 1.27 bits per heavy atom. The Bertz CT molecular complexity index is 1170. The third kappa shape index (κ3) is 8.31. The number of hydrogen-bond donors (Lipinski definition) is 2. The summed E-state index contributed by atoms with van der Waals surface area (Å²) in [5.74, 6) is 0.976. The van der Waals surface area contributed by atoms with Crippen molar-refractivity contribution in [3.8, 4) is 12.3 Å². The van der Waals surface area contributed by atoms with Gasteiger partial charge in [-0.1, -0.05) is 31.8 Å². The Balaban J connectivity index is 2.10. The number of aryl methyl sites for hydroxylation is 1. The number of nitrogens with one attached hydrogen (secondary N) is 2. The lowest BCUT2D eigenvalue weighted by atomic mass is 10.1. The molecule has 0 radical (unpaired) electrons. The summed E-state index contributed by atoms with van der Waals surface area (Å²) in [6, 6.07) is 5.84. The highest BCUT2D eigenvalue weighted by molar-refractivity contribution is 7.92. The van der Waals surface area contributed by atoms with E-state index in [1.165, 1.54) is 12.1 Å². The quantitative estimate of drug-likeness (QED) is 0.291. The van der Waals surface area contributed by atoms with E-state index >= 15 is 0 Å². The predicted octanol–water partition coefficient (Wildman–Crippen LogP) is 4.11. The Kier molecular flexibility index (Phi) is 9.55. The van der Waals surface area contributed by atoms with E-state index in [-0.39, 0.29) is 17.8 Å². The molecule has 0 fully saturated rings. The molecule has 0 bridgehead atoms. The minimum Gasteiger partial charge on any atom is -0.348 e. The van der Waals surface area contributed by atoms with Crippen LogP contribution in [-0.2, 0) is 34.5 Å². The zero-order valence-electron chi connectivity index (χ0n) is 18.6. The molecular weight excluding hydrogens is 448 g/mol. The van der Waals surface area contributed by atoms with Crippen molar-refractivity contribution in [3.63, 3.8) is 0 Å². The van der Waals surface area contributed by atoms with Crippen LogP contribution in [0.1, 0.15) is 54.3 Å². The van der Waals surface area contributed by atoms with Crippen LogP contribution < -0.4 is 10.0 Å². The molecule has 2 N–H and O–H groups in total. The molecule has 1 amide bonds. The van der Waals surface area contributed by atoms with Crippen molar-refractivity contribution in [2.45, 2.75) is 45.8 Å². The number of amides is 1. The standard InChI is InChI=1S/C24H27F2N3O3S/c1-4-6-7-8-22-19(9-11-20(15-25)28-22)10-12-23(30)27-16-17-13-18(5-2)24(21(26)14-17)29-33(3,31)32/h2,9-14,29H,4,6-8,15-16H2,1,3H3,(H,27,30)/b12-10+. The summed E-state index contributed by atoms with van der Waals surface area (Å²) < 4.78 is 52.2. The molecule has 6 nitrogen and oxygen atoms in total. The molecule has 1 heterocycles. The van der Waals surface area contributed by atoms with Gasteiger partial charge in [0.25, 0.3) is 0 Å². The number of unbranched alkanes of at least 4 members (excludes halogenated alkanes) is 2. The molecule has 2 aromatic rings. The Morgan fingerprint density at radius 3 is 2.67 bits per heavy atom. The van der Waals surface area contributed by atoms with Crippen molar-refractivity contribution >= 4 is 27.7 Å². The first kappa shape index (κ1) is 26.0. The molecule has 0 saturated carbocycles. The van der Waals surface area contributed by atoms with Crippen LogP contribution >= 0.6 is 0 Å². The highest BCUT2D eigenvalue weighted by Gasteiger charge is 2.14. The van der Waals surface area contributed by atoms with Gasteiger partial charge in [-0.3, -0.25) is 14.5 Å². The number of terminal acetylenes is 1. The van der Waals surface area contributed by atoms with Gasteiger partial charge in [0.15, 0.2) is 0 Å². The van der Waals surface area contributed by atoms with Gasteiger partial charge in [-0.05, 0) is 48.2 Å². The summed E-state index contributed by atoms with van der Waals surface area (Å²) in [6.07, 6.45) is 12.9. The smallest absolute Gasteiger partial charge is 0.244 e. The van der Waals surface area contributed by atoms with Crippen molar-refractivity contribution in [1.29, 1.82) is 0 Å². The van der Waals surface area contributed by atoms with Crippen molar-refractivity contribution < 1.29 is 22.0 Å². The van der Waals surface area contributed by atoms with Crippen LogP contribution in [0.15, 0.2) is 30.3 Å². The SMILES string of the molecule is C#Cc1cc(CNC(=O)/C=C/c2ccc(CF)nc2CCCCC)cc(F)c1NS(C)(=O)=O. The Labute approximate surface area is 193 Å². The number of benzene rings is 1. The van der Waals surface area contributed by atoms with Gasteiger partial charge in [0.05, 0.1) is 23.2 Å². The summed E-state index contributed by atoms with van der Waals surface area (Å²) in [5.41, 5.74) is 1.90. The molecule has 0 spiro atoms. The largest absolute Gasteiger partial charge is 0.348 e. The molecule has 33 heavy (non-hydrogen) atoms. The van der Waals surface area contributed by atoms with Crippen molar-refractivity contribution in [2.75, 3.05) is 11.0 Å². The first-order valence-electron chi connectivity index (χ1n) is 10.4. The number of sulfonamides is 1. The van der Waals surface area contributed by atoms with Crippen LogP contribution in [0.4, 0.5) is 14.5 Å². The molecule has 0 unspecified atom stereocenters. The molecular formula is C24H27F2N3O3S. The first-order chi connectivity index (χ1) is 15.7. The van der Waals surface area contributed by atoms with Crippen molar-refractivity contribution in [3.05, 3.63) is 64.2 Å². The summed E-state index contributed by atoms with van der Waals surface area (Å²) >= 11 is 0. The number of hydrogen-bond acceptors (Lipinski definition) is 4. The van der Waals surface area contributed by atoms with Crippen LogP contribution in [0.2, 0.25) is 0 Å². The fourth-order valence-corrected chi connectivity index (χ4v) is 3.69. The number of carbonyl (C=O) groups excluding carboxylic acids is 1. The molecule has 0 atom stereocenters. The highest BCUT2D eigenvalue weighted by atomic mass is 32.2. The number of aromatic nitrogens is 1. The van der Waals surface area contributed by atoms with Gasteiger partial charge >= 0.3 is 0 Å². The number of nitrogens with zero attached hydrogens (tertiary/aromatic N) is 1. The summed E-state index contributed by atoms with van der Waals surface area (Å²) in [7, 11) is -3.71. The molecule has 0 saturated heterocycles. The monoisotopic (exact) mass is 475 g/mol. The lowest BCUT2D eigenvalue weighted by Crippen LogP contribution is -2.21. The van der Waals surface area contributed by atoms with E-state index in [1.807, 2.05) is 0 Å². The Morgan fingerprint density at radius 2 is 2.03 bits per heavy atom. The van der Waals surface area contributed by atoms with Crippen LogP contribution in [-0.4, -0.2) is 25.6 Å². The zero-order chi connectivity index (χ0) is 24.4. The first-order valence-corrected chi connectivity index (χ1v) is 12.3. The second-order valence-electron chi connectivity index (χ2n) is 7.50. The predicted molar refractivity (Wildman–Crippen MR) is 126 cm³/mol. The highest BCUT2D eigenvalue weighted by Crippen LogP contribution is 2.22. The van der Waals surface area contributed by atoms with Crippen LogP contribution in [0.3, 0.4) is 0 Å². The zero-order valence-corrected chi connectivity index (χ0v) is 19.4. The third-order valence-corrected chi connectivity index (χ3v) is 5.27. The Hall–Kier alpha value is -3.25. The fraction of sp³-hybridized carbons (Fsp3) is 0.333. The van der Waals surface area contributed by atoms with Gasteiger partial charge in [-0.15, -0.1) is 6.42 Å². The van der Waals surface area contributed by atoms with E-state index in [4.69, 9.17) is 6.42 Å². The van der Waals surface area contributed by atoms with Crippen molar-refractivity contribution in [1.82, 2.24) is 10.3 Å². The van der Waals surface area contributed by atoms with Gasteiger partial charge in [0.1, 0.15) is 12.5 Å². The average molecular weight is 476 g/mol. The van der Waals surface area contributed by atoms with Gasteiger partial charge in [0.2, 0.25) is 15.9 Å². The van der Waals surface area contributed by atoms with Crippen LogP contribution in [0, 0.1) is 18.2 Å². The summed E-state index contributed by atoms with van der Waals surface area (Å²) in [5, 5.41) is 2.63. The molecule has 2 rings (SSSR count). The van der Waals surface area contributed by atoms with Gasteiger partial charge in [0, 0.05) is 18.3 Å². The van der Waals surface area contributed by atoms with E-state index < -0.39 is 28.4 Å². The molecule has 1 aromatic carbocycles. The van der Waals surface area contributed by atoms with E-state index in [0.717, 1.165) is 42.8 Å². The van der Waals surface area contributed by atoms with E-state index in [9.17, 15) is 22.0 Å². The minimum absolute atomic E-state index is 0.0175. The molecule has 0 aliphatic rings. The number of alkyl halides is 1. The molecule has 0 aliphatic heterocycles. The number of pyridine rings is 1. The number of anilines is 1. The summed E-state index contributed by atoms with van der Waals surface area (Å²) in [6.45, 7) is 1.42. The molecule has 176 valence electrons. The van der Waals surface area contributed by atoms with Crippen LogP contribution in [0.25, 0.3) is 6.08 Å².